The summed E-state index contributed by atoms with van der Waals surface area (Å²) in [6, 6.07) is 5.96. The molecule has 0 saturated carbocycles. The fraction of sp³-hybridized carbons (Fsp3) is 0.476. The van der Waals surface area contributed by atoms with Gasteiger partial charge in [-0.3, -0.25) is 4.68 Å². The number of hydrogen-bond donors (Lipinski definition) is 3. The number of aromatic nitrogens is 4. The molecular weight excluding hydrogens is 384 g/mol. The van der Waals surface area contributed by atoms with Crippen molar-refractivity contribution in [1.82, 2.24) is 19.7 Å². The van der Waals surface area contributed by atoms with Gasteiger partial charge in [0.1, 0.15) is 16.8 Å². The zero-order valence-corrected chi connectivity index (χ0v) is 17.6. The van der Waals surface area contributed by atoms with Gasteiger partial charge in [0.2, 0.25) is 5.95 Å². The lowest BCUT2D eigenvalue weighted by molar-refractivity contribution is 0.104. The molecule has 1 aromatic carbocycles. The first-order chi connectivity index (χ1) is 14.7. The smallest absolute Gasteiger partial charge is 0.222 e. The number of nitrogen functional groups attached to an aromatic ring is 1. The van der Waals surface area contributed by atoms with Crippen molar-refractivity contribution in [3.8, 4) is 5.75 Å². The molecule has 0 fully saturated rings. The number of fused-ring (bicyclic) bond motifs is 1. The lowest BCUT2D eigenvalue weighted by Crippen LogP contribution is -2.10. The molecule has 0 spiro atoms. The van der Waals surface area contributed by atoms with E-state index < -0.39 is 0 Å². The van der Waals surface area contributed by atoms with E-state index in [1.165, 1.54) is 0 Å². The van der Waals surface area contributed by atoms with Crippen LogP contribution in [0.3, 0.4) is 0 Å². The largest absolute Gasteiger partial charge is 0.496 e. The molecule has 9 heteroatoms. The molecule has 0 aliphatic rings. The molecule has 2 heterocycles. The third-order valence-electron chi connectivity index (χ3n) is 4.71. The molecule has 162 valence electrons. The lowest BCUT2D eigenvalue weighted by Gasteiger charge is -2.13. The zero-order chi connectivity index (χ0) is 21.3. The second-order valence-corrected chi connectivity index (χ2v) is 7.02. The van der Waals surface area contributed by atoms with Gasteiger partial charge in [-0.25, -0.2) is 4.98 Å². The number of nitrogens with zero attached hydrogens (tertiary/aromatic N) is 4. The van der Waals surface area contributed by atoms with E-state index in [1.54, 1.807) is 13.3 Å². The summed E-state index contributed by atoms with van der Waals surface area (Å²) in [5.41, 5.74) is 9.39. The number of anilines is 2. The predicted octanol–water partition coefficient (Wildman–Crippen LogP) is 2.58. The topological polar surface area (TPSA) is 120 Å². The summed E-state index contributed by atoms with van der Waals surface area (Å²) in [7, 11) is 1.65. The highest BCUT2D eigenvalue weighted by molar-refractivity contribution is 5.86. The van der Waals surface area contributed by atoms with Crippen LogP contribution in [-0.4, -0.2) is 51.7 Å². The fourth-order valence-electron chi connectivity index (χ4n) is 3.21. The number of nitrogens with one attached hydrogen (secondary N) is 1. The predicted molar refractivity (Wildman–Crippen MR) is 117 cm³/mol. The zero-order valence-electron chi connectivity index (χ0n) is 17.6. The Morgan fingerprint density at radius 1 is 1.23 bits per heavy atom. The van der Waals surface area contributed by atoms with E-state index in [2.05, 4.69) is 27.3 Å². The van der Waals surface area contributed by atoms with Crippen LogP contribution in [0.4, 0.5) is 11.8 Å². The Kier molecular flexibility index (Phi) is 7.81. The summed E-state index contributed by atoms with van der Waals surface area (Å²) in [6.45, 7) is 4.56. The molecule has 0 saturated heterocycles. The van der Waals surface area contributed by atoms with E-state index in [-0.39, 0.29) is 12.6 Å². The number of unbranched alkanes of at least 4 members (excludes halogenated alkanes) is 1. The van der Waals surface area contributed by atoms with Crippen LogP contribution in [0.25, 0.3) is 11.0 Å². The average molecular weight is 415 g/mol. The van der Waals surface area contributed by atoms with Gasteiger partial charge in [-0.1, -0.05) is 19.4 Å². The van der Waals surface area contributed by atoms with Crippen LogP contribution in [-0.2, 0) is 17.9 Å². The van der Waals surface area contributed by atoms with Crippen molar-refractivity contribution >= 4 is 22.8 Å². The van der Waals surface area contributed by atoms with Gasteiger partial charge in [0, 0.05) is 25.3 Å². The van der Waals surface area contributed by atoms with Crippen LogP contribution in [0, 0.1) is 0 Å². The second kappa shape index (κ2) is 10.7. The van der Waals surface area contributed by atoms with Crippen LogP contribution in [0.5, 0.6) is 5.75 Å². The van der Waals surface area contributed by atoms with Crippen LogP contribution in [0.1, 0.15) is 37.3 Å². The molecule has 0 atom stereocenters. The van der Waals surface area contributed by atoms with Crippen LogP contribution < -0.4 is 15.8 Å². The first kappa shape index (κ1) is 21.8. The van der Waals surface area contributed by atoms with Crippen molar-refractivity contribution in [2.24, 2.45) is 0 Å². The number of hydrogen-bond acceptors (Lipinski definition) is 8. The van der Waals surface area contributed by atoms with Crippen molar-refractivity contribution in [1.29, 1.82) is 0 Å². The van der Waals surface area contributed by atoms with Crippen molar-refractivity contribution in [2.75, 3.05) is 37.9 Å². The number of ether oxygens (including phenoxy) is 2. The van der Waals surface area contributed by atoms with Crippen LogP contribution >= 0.6 is 0 Å². The number of rotatable bonds is 12. The lowest BCUT2D eigenvalue weighted by atomic mass is 10.1. The maximum absolute atomic E-state index is 8.88. The molecule has 3 aromatic rings. The Labute approximate surface area is 176 Å². The Morgan fingerprint density at radius 3 is 2.87 bits per heavy atom. The van der Waals surface area contributed by atoms with E-state index >= 15 is 0 Å². The Morgan fingerprint density at radius 2 is 2.10 bits per heavy atom. The minimum absolute atomic E-state index is 0.126. The van der Waals surface area contributed by atoms with Gasteiger partial charge in [0.15, 0.2) is 5.82 Å². The minimum atomic E-state index is 0.126. The summed E-state index contributed by atoms with van der Waals surface area (Å²) < 4.78 is 13.0. The summed E-state index contributed by atoms with van der Waals surface area (Å²) in [6.07, 6.45) is 4.44. The van der Waals surface area contributed by atoms with Crippen molar-refractivity contribution in [3.05, 3.63) is 35.5 Å². The Bertz CT molecular complexity index is 959. The Hall–Kier alpha value is -2.91. The standard InChI is InChI=1S/C21H30N6O3/c1-3-4-8-23-20-19-17(25-21(22)26-20)12-24-27(19)13-16-11-15(6-7-18(16)29-2)14-30-10-5-9-28/h6-7,11-12,28H,3-5,8-10,13-14H2,1-2H3,(H3,22,23,25,26). The van der Waals surface area contributed by atoms with Gasteiger partial charge in [0.05, 0.1) is 26.5 Å². The molecule has 30 heavy (non-hydrogen) atoms. The number of benzene rings is 1. The molecule has 0 aliphatic heterocycles. The molecule has 0 amide bonds. The van der Waals surface area contributed by atoms with Crippen LogP contribution in [0.15, 0.2) is 24.4 Å². The van der Waals surface area contributed by atoms with Crippen molar-refractivity contribution in [3.63, 3.8) is 0 Å². The molecule has 9 nitrogen and oxygen atoms in total. The summed E-state index contributed by atoms with van der Waals surface area (Å²) >= 11 is 0. The van der Waals surface area contributed by atoms with E-state index in [9.17, 15) is 0 Å². The molecule has 2 aromatic heterocycles. The van der Waals surface area contributed by atoms with E-state index in [1.807, 2.05) is 22.9 Å². The van der Waals surface area contributed by atoms with Crippen molar-refractivity contribution in [2.45, 2.75) is 39.3 Å². The van der Waals surface area contributed by atoms with Gasteiger partial charge in [-0.05, 0) is 30.5 Å². The fourth-order valence-corrected chi connectivity index (χ4v) is 3.21. The summed E-state index contributed by atoms with van der Waals surface area (Å²) in [5.74, 6) is 1.68. The average Bonchev–Trinajstić information content (AvgIpc) is 3.14. The first-order valence-electron chi connectivity index (χ1n) is 10.2. The summed E-state index contributed by atoms with van der Waals surface area (Å²) in [5, 5.41) is 16.8. The van der Waals surface area contributed by atoms with Gasteiger partial charge >= 0.3 is 0 Å². The molecule has 0 unspecified atom stereocenters. The van der Waals surface area contributed by atoms with E-state index in [4.69, 9.17) is 20.3 Å². The molecule has 0 bridgehead atoms. The van der Waals surface area contributed by atoms with Gasteiger partial charge < -0.3 is 25.6 Å². The van der Waals surface area contributed by atoms with Gasteiger partial charge in [-0.15, -0.1) is 0 Å². The molecule has 3 rings (SSSR count). The number of aliphatic hydroxyl groups excluding tert-OH is 1. The van der Waals surface area contributed by atoms with E-state index in [0.717, 1.165) is 41.8 Å². The SMILES string of the molecule is CCCCNc1nc(N)nc2cnn(Cc3cc(COCCCO)ccc3OC)c12. The molecule has 4 N–H and O–H groups in total. The molecular formula is C21H30N6O3. The Balaban J connectivity index is 1.87. The summed E-state index contributed by atoms with van der Waals surface area (Å²) in [4.78, 5) is 8.71. The second-order valence-electron chi connectivity index (χ2n) is 7.02. The monoisotopic (exact) mass is 414 g/mol. The quantitative estimate of drug-likeness (QED) is 0.387. The van der Waals surface area contributed by atoms with Crippen molar-refractivity contribution < 1.29 is 14.6 Å². The normalized spacial score (nSPS) is 11.2. The van der Waals surface area contributed by atoms with Gasteiger partial charge in [0.25, 0.3) is 0 Å². The highest BCUT2D eigenvalue weighted by Crippen LogP contribution is 2.26. The van der Waals surface area contributed by atoms with E-state index in [0.29, 0.717) is 37.5 Å². The number of aliphatic hydroxyl groups is 1. The van der Waals surface area contributed by atoms with Crippen LogP contribution in [0.2, 0.25) is 0 Å². The number of nitrogens with two attached hydrogens (primary N) is 1. The highest BCUT2D eigenvalue weighted by atomic mass is 16.5. The third kappa shape index (κ3) is 5.37. The van der Waals surface area contributed by atoms with Gasteiger partial charge in [-0.2, -0.15) is 10.1 Å². The highest BCUT2D eigenvalue weighted by Gasteiger charge is 2.15. The maximum Gasteiger partial charge on any atom is 0.222 e. The number of methoxy groups -OCH3 is 1. The minimum Gasteiger partial charge on any atom is -0.496 e. The maximum atomic E-state index is 8.88. The molecule has 0 radical (unpaired) electrons. The first-order valence-corrected chi connectivity index (χ1v) is 10.2. The molecule has 0 aliphatic carbocycles. The third-order valence-corrected chi connectivity index (χ3v) is 4.71.